The zero-order chi connectivity index (χ0) is 17.6. The van der Waals surface area contributed by atoms with Gasteiger partial charge in [-0.25, -0.2) is 8.78 Å². The van der Waals surface area contributed by atoms with Crippen LogP contribution in [0.1, 0.15) is 15.9 Å². The van der Waals surface area contributed by atoms with Gasteiger partial charge in [0.25, 0.3) is 11.6 Å². The number of alkyl halides is 1. The van der Waals surface area contributed by atoms with Crippen LogP contribution in [-0.2, 0) is 10.5 Å². The lowest BCUT2D eigenvalue weighted by Crippen LogP contribution is -2.47. The molecule has 1 unspecified atom stereocenters. The summed E-state index contributed by atoms with van der Waals surface area (Å²) in [5.74, 6) is -2.31. The van der Waals surface area contributed by atoms with Gasteiger partial charge >= 0.3 is 0 Å². The third kappa shape index (κ3) is 2.29. The van der Waals surface area contributed by atoms with Crippen molar-refractivity contribution in [1.82, 2.24) is 0 Å². The predicted octanol–water partition coefficient (Wildman–Crippen LogP) is 4.55. The SMILES string of the molecule is O=C1Nc2scc(-c3ccc(F)cc3)c2C(=O)C1(F)c1ccccc1. The second kappa shape index (κ2) is 5.60. The summed E-state index contributed by atoms with van der Waals surface area (Å²) in [5.41, 5.74) is -1.63. The first-order valence-corrected chi connectivity index (χ1v) is 8.38. The van der Waals surface area contributed by atoms with Crippen LogP contribution in [0.15, 0.2) is 60.0 Å². The lowest BCUT2D eigenvalue weighted by atomic mass is 9.83. The molecule has 25 heavy (non-hydrogen) atoms. The molecule has 0 aliphatic carbocycles. The number of hydrogen-bond acceptors (Lipinski definition) is 3. The monoisotopic (exact) mass is 355 g/mol. The third-order valence-corrected chi connectivity index (χ3v) is 5.09. The molecule has 3 aromatic rings. The van der Waals surface area contributed by atoms with Gasteiger partial charge in [-0.3, -0.25) is 9.59 Å². The van der Waals surface area contributed by atoms with E-state index in [4.69, 9.17) is 0 Å². The molecule has 0 spiro atoms. The van der Waals surface area contributed by atoms with E-state index >= 15 is 4.39 Å². The van der Waals surface area contributed by atoms with Crippen molar-refractivity contribution in [3.63, 3.8) is 0 Å². The summed E-state index contributed by atoms with van der Waals surface area (Å²) in [4.78, 5) is 25.3. The van der Waals surface area contributed by atoms with Crippen LogP contribution in [0.2, 0.25) is 0 Å². The number of anilines is 1. The van der Waals surface area contributed by atoms with E-state index in [2.05, 4.69) is 5.32 Å². The van der Waals surface area contributed by atoms with Crippen LogP contribution in [0, 0.1) is 5.82 Å². The van der Waals surface area contributed by atoms with Crippen LogP contribution in [0.3, 0.4) is 0 Å². The Bertz CT molecular complexity index is 982. The van der Waals surface area contributed by atoms with Crippen LogP contribution in [0.25, 0.3) is 11.1 Å². The summed E-state index contributed by atoms with van der Waals surface area (Å²) in [6.07, 6.45) is 0. The molecule has 1 aliphatic heterocycles. The van der Waals surface area contributed by atoms with Crippen molar-refractivity contribution in [1.29, 1.82) is 0 Å². The number of ketones is 1. The van der Waals surface area contributed by atoms with Crippen molar-refractivity contribution in [2.45, 2.75) is 5.67 Å². The number of rotatable bonds is 2. The van der Waals surface area contributed by atoms with Crippen molar-refractivity contribution < 1.29 is 18.4 Å². The zero-order valence-electron chi connectivity index (χ0n) is 12.8. The van der Waals surface area contributed by atoms with Gasteiger partial charge in [-0.15, -0.1) is 11.3 Å². The summed E-state index contributed by atoms with van der Waals surface area (Å²) in [6, 6.07) is 13.2. The normalized spacial score (nSPS) is 19.4. The Morgan fingerprint density at radius 2 is 1.64 bits per heavy atom. The van der Waals surface area contributed by atoms with Gasteiger partial charge in [0.2, 0.25) is 5.78 Å². The summed E-state index contributed by atoms with van der Waals surface area (Å²) in [5, 5.41) is 4.45. The Hall–Kier alpha value is -2.86. The molecule has 6 heteroatoms. The highest BCUT2D eigenvalue weighted by Crippen LogP contribution is 2.45. The number of nitrogens with one attached hydrogen (secondary N) is 1. The Labute approximate surface area is 145 Å². The molecule has 3 nitrogen and oxygen atoms in total. The van der Waals surface area contributed by atoms with Crippen molar-refractivity contribution in [2.24, 2.45) is 0 Å². The fourth-order valence-corrected chi connectivity index (χ4v) is 3.87. The summed E-state index contributed by atoms with van der Waals surface area (Å²) < 4.78 is 28.7. The van der Waals surface area contributed by atoms with Gasteiger partial charge in [-0.2, -0.15) is 0 Å². The fraction of sp³-hybridized carbons (Fsp3) is 0.0526. The molecule has 1 aromatic heterocycles. The van der Waals surface area contributed by atoms with E-state index < -0.39 is 23.2 Å². The lowest BCUT2D eigenvalue weighted by molar-refractivity contribution is -0.125. The number of carbonyl (C=O) groups is 2. The first-order chi connectivity index (χ1) is 12.0. The van der Waals surface area contributed by atoms with E-state index in [1.54, 1.807) is 23.6 Å². The van der Waals surface area contributed by atoms with Gasteiger partial charge in [-0.1, -0.05) is 42.5 Å². The van der Waals surface area contributed by atoms with Crippen LogP contribution in [0.5, 0.6) is 0 Å². The summed E-state index contributed by atoms with van der Waals surface area (Å²) in [6.45, 7) is 0. The minimum atomic E-state index is -2.79. The minimum absolute atomic E-state index is 0.0144. The number of benzene rings is 2. The van der Waals surface area contributed by atoms with Crippen LogP contribution in [-0.4, -0.2) is 11.7 Å². The number of halogens is 2. The van der Waals surface area contributed by atoms with Gasteiger partial charge in [0, 0.05) is 16.5 Å². The molecule has 1 N–H and O–H groups in total. The quantitative estimate of drug-likeness (QED) is 0.685. The van der Waals surface area contributed by atoms with Crippen molar-refractivity contribution >= 4 is 28.0 Å². The standard InChI is InChI=1S/C19H11F2NO2S/c20-13-8-6-11(7-9-13)14-10-25-17-15(14)16(23)19(21,18(24)22-17)12-4-2-1-3-5-12/h1-10H,(H,22,24). The second-order valence-corrected chi connectivity index (χ2v) is 6.55. The number of fused-ring (bicyclic) bond motifs is 1. The summed E-state index contributed by atoms with van der Waals surface area (Å²) >= 11 is 1.14. The first-order valence-electron chi connectivity index (χ1n) is 7.50. The molecule has 2 heterocycles. The number of carbonyl (C=O) groups excluding carboxylic acids is 2. The van der Waals surface area contributed by atoms with Crippen molar-refractivity contribution in [2.75, 3.05) is 5.32 Å². The highest BCUT2D eigenvalue weighted by atomic mass is 32.1. The molecule has 0 bridgehead atoms. The Morgan fingerprint density at radius 1 is 0.960 bits per heavy atom. The van der Waals surface area contributed by atoms with Gasteiger partial charge in [-0.05, 0) is 17.7 Å². The van der Waals surface area contributed by atoms with E-state index in [0.29, 0.717) is 16.1 Å². The average Bonchev–Trinajstić information content (AvgIpc) is 3.05. The molecule has 2 aromatic carbocycles. The Balaban J connectivity index is 1.88. The van der Waals surface area contributed by atoms with Gasteiger partial charge in [0.1, 0.15) is 10.8 Å². The molecular formula is C19H11F2NO2S. The van der Waals surface area contributed by atoms with E-state index in [0.717, 1.165) is 11.3 Å². The van der Waals surface area contributed by atoms with E-state index in [1.165, 1.54) is 36.4 Å². The number of amides is 1. The molecule has 1 amide bonds. The molecule has 1 atom stereocenters. The van der Waals surface area contributed by atoms with E-state index in [1.807, 2.05) is 0 Å². The molecule has 0 radical (unpaired) electrons. The van der Waals surface area contributed by atoms with Gasteiger partial charge in [0.15, 0.2) is 0 Å². The first kappa shape index (κ1) is 15.7. The molecule has 0 fully saturated rings. The van der Waals surface area contributed by atoms with Crippen LogP contribution < -0.4 is 5.32 Å². The third-order valence-electron chi connectivity index (χ3n) is 4.20. The average molecular weight is 355 g/mol. The number of hydrogen-bond donors (Lipinski definition) is 1. The number of Topliss-reactive ketones (excluding diaryl/α,β-unsaturated/α-hetero) is 1. The maximum Gasteiger partial charge on any atom is 0.275 e. The molecule has 0 saturated heterocycles. The highest BCUT2D eigenvalue weighted by Gasteiger charge is 2.53. The number of thiophene rings is 1. The zero-order valence-corrected chi connectivity index (χ0v) is 13.6. The Morgan fingerprint density at radius 3 is 2.32 bits per heavy atom. The topological polar surface area (TPSA) is 46.2 Å². The van der Waals surface area contributed by atoms with Crippen molar-refractivity contribution in [3.8, 4) is 11.1 Å². The maximum absolute atomic E-state index is 15.6. The lowest BCUT2D eigenvalue weighted by Gasteiger charge is -2.28. The van der Waals surface area contributed by atoms with E-state index in [9.17, 15) is 14.0 Å². The fourth-order valence-electron chi connectivity index (χ4n) is 2.91. The molecular weight excluding hydrogens is 344 g/mol. The van der Waals surface area contributed by atoms with Crippen molar-refractivity contribution in [3.05, 3.63) is 76.9 Å². The van der Waals surface area contributed by atoms with Crippen LogP contribution in [0.4, 0.5) is 13.8 Å². The molecule has 124 valence electrons. The largest absolute Gasteiger partial charge is 0.314 e. The van der Waals surface area contributed by atoms with Gasteiger partial charge in [0.05, 0.1) is 5.56 Å². The highest BCUT2D eigenvalue weighted by molar-refractivity contribution is 7.15. The minimum Gasteiger partial charge on any atom is -0.314 e. The Kier molecular flexibility index (Phi) is 3.51. The van der Waals surface area contributed by atoms with Gasteiger partial charge < -0.3 is 5.32 Å². The molecule has 4 rings (SSSR count). The predicted molar refractivity (Wildman–Crippen MR) is 91.9 cm³/mol. The smallest absolute Gasteiger partial charge is 0.275 e. The molecule has 0 saturated carbocycles. The van der Waals surface area contributed by atoms with Crippen LogP contribution >= 0.6 is 11.3 Å². The molecule has 1 aliphatic rings. The second-order valence-electron chi connectivity index (χ2n) is 5.67. The summed E-state index contributed by atoms with van der Waals surface area (Å²) in [7, 11) is 0. The van der Waals surface area contributed by atoms with E-state index in [-0.39, 0.29) is 11.1 Å². The maximum atomic E-state index is 15.6.